The highest BCUT2D eigenvalue weighted by Gasteiger charge is 2.35. The maximum Gasteiger partial charge on any atom is 0.231 e. The summed E-state index contributed by atoms with van der Waals surface area (Å²) in [6, 6.07) is 7.97. The molecule has 1 saturated heterocycles. The van der Waals surface area contributed by atoms with Crippen LogP contribution in [0.2, 0.25) is 0 Å². The molecule has 2 N–H and O–H groups in total. The minimum absolute atomic E-state index is 0.276. The van der Waals surface area contributed by atoms with E-state index in [4.69, 9.17) is 20.5 Å². The molecule has 0 aliphatic carbocycles. The second kappa shape index (κ2) is 3.54. The van der Waals surface area contributed by atoms with Crippen molar-refractivity contribution in [1.82, 2.24) is 0 Å². The van der Waals surface area contributed by atoms with Gasteiger partial charge in [0.1, 0.15) is 5.54 Å². The predicted molar refractivity (Wildman–Crippen MR) is 61.9 cm³/mol. The van der Waals surface area contributed by atoms with Gasteiger partial charge in [-0.25, -0.2) is 0 Å². The summed E-state index contributed by atoms with van der Waals surface area (Å²) in [6.45, 7) is 1.63. The zero-order valence-electron chi connectivity index (χ0n) is 9.35. The summed E-state index contributed by atoms with van der Waals surface area (Å²) in [6.07, 6.45) is 0.692. The number of nitrogens with zero attached hydrogens (tertiary/aromatic N) is 2. The highest BCUT2D eigenvalue weighted by Crippen LogP contribution is 2.36. The van der Waals surface area contributed by atoms with Gasteiger partial charge in [0.2, 0.25) is 6.79 Å². The van der Waals surface area contributed by atoms with Crippen LogP contribution >= 0.6 is 0 Å². The van der Waals surface area contributed by atoms with E-state index in [1.165, 1.54) is 0 Å². The van der Waals surface area contributed by atoms with Gasteiger partial charge in [0.25, 0.3) is 0 Å². The smallest absolute Gasteiger partial charge is 0.231 e. The van der Waals surface area contributed by atoms with Gasteiger partial charge in [-0.2, -0.15) is 5.26 Å². The van der Waals surface area contributed by atoms with Crippen LogP contribution in [0.5, 0.6) is 11.5 Å². The third kappa shape index (κ3) is 1.67. The fourth-order valence-electron chi connectivity index (χ4n) is 2.23. The summed E-state index contributed by atoms with van der Waals surface area (Å²) < 4.78 is 10.6. The molecule has 2 heterocycles. The van der Waals surface area contributed by atoms with Crippen LogP contribution in [0, 0.1) is 11.3 Å². The molecule has 0 radical (unpaired) electrons. The Hall–Kier alpha value is -1.93. The SMILES string of the molecule is N#CC1(N)CCN(c2ccc3c(c2)OCO3)C1. The van der Waals surface area contributed by atoms with E-state index in [2.05, 4.69) is 11.0 Å². The molecule has 2 aliphatic heterocycles. The average Bonchev–Trinajstić information content (AvgIpc) is 2.95. The Balaban J connectivity index is 1.85. The monoisotopic (exact) mass is 231 g/mol. The molecular formula is C12H13N3O2. The summed E-state index contributed by atoms with van der Waals surface area (Å²) in [5.74, 6) is 1.53. The number of nitrogens with two attached hydrogens (primary N) is 1. The summed E-state index contributed by atoms with van der Waals surface area (Å²) in [7, 11) is 0. The molecule has 88 valence electrons. The lowest BCUT2D eigenvalue weighted by Gasteiger charge is -2.20. The standard InChI is InChI=1S/C12H13N3O2/c13-6-12(14)3-4-15(7-12)9-1-2-10-11(5-9)17-8-16-10/h1-2,5H,3-4,7-8,14H2. The van der Waals surface area contributed by atoms with Crippen molar-refractivity contribution >= 4 is 5.69 Å². The topological polar surface area (TPSA) is 71.5 Å². The van der Waals surface area contributed by atoms with E-state index in [0.29, 0.717) is 13.0 Å². The zero-order valence-corrected chi connectivity index (χ0v) is 9.35. The van der Waals surface area contributed by atoms with Gasteiger partial charge in [-0.3, -0.25) is 0 Å². The average molecular weight is 231 g/mol. The molecular weight excluding hydrogens is 218 g/mol. The molecule has 5 nitrogen and oxygen atoms in total. The molecule has 1 aromatic carbocycles. The molecule has 0 spiro atoms. The number of fused-ring (bicyclic) bond motifs is 1. The van der Waals surface area contributed by atoms with Crippen molar-refractivity contribution in [2.24, 2.45) is 5.73 Å². The Bertz CT molecular complexity index is 497. The molecule has 17 heavy (non-hydrogen) atoms. The fraction of sp³-hybridized carbons (Fsp3) is 0.417. The number of hydrogen-bond donors (Lipinski definition) is 1. The van der Waals surface area contributed by atoms with E-state index in [1.54, 1.807) is 0 Å². The van der Waals surface area contributed by atoms with Crippen molar-refractivity contribution in [3.05, 3.63) is 18.2 Å². The molecule has 0 bridgehead atoms. The Labute approximate surface area is 99.3 Å². The lowest BCUT2D eigenvalue weighted by molar-refractivity contribution is 0.174. The molecule has 0 amide bonds. The number of rotatable bonds is 1. The van der Waals surface area contributed by atoms with Crippen LogP contribution in [0.1, 0.15) is 6.42 Å². The van der Waals surface area contributed by atoms with Crippen molar-refractivity contribution in [1.29, 1.82) is 5.26 Å². The Kier molecular flexibility index (Phi) is 2.13. The van der Waals surface area contributed by atoms with Gasteiger partial charge in [-0.05, 0) is 18.6 Å². The van der Waals surface area contributed by atoms with Crippen LogP contribution in [0.4, 0.5) is 5.69 Å². The Morgan fingerprint density at radius 2 is 2.18 bits per heavy atom. The molecule has 3 rings (SSSR count). The van der Waals surface area contributed by atoms with Gasteiger partial charge >= 0.3 is 0 Å². The minimum Gasteiger partial charge on any atom is -0.454 e. The first-order valence-corrected chi connectivity index (χ1v) is 5.55. The van der Waals surface area contributed by atoms with Crippen LogP contribution in [0.25, 0.3) is 0 Å². The summed E-state index contributed by atoms with van der Waals surface area (Å²) >= 11 is 0. The second-order valence-electron chi connectivity index (χ2n) is 4.48. The highest BCUT2D eigenvalue weighted by molar-refractivity contribution is 5.58. The van der Waals surface area contributed by atoms with Gasteiger partial charge in [0.15, 0.2) is 11.5 Å². The summed E-state index contributed by atoms with van der Waals surface area (Å²) in [5.41, 5.74) is 6.24. The predicted octanol–water partition coefficient (Wildman–Crippen LogP) is 0.846. The molecule has 1 unspecified atom stereocenters. The number of nitriles is 1. The normalized spacial score (nSPS) is 26.0. The van der Waals surface area contributed by atoms with Crippen LogP contribution in [0.15, 0.2) is 18.2 Å². The van der Waals surface area contributed by atoms with Crippen LogP contribution in [0.3, 0.4) is 0 Å². The Morgan fingerprint density at radius 3 is 2.94 bits per heavy atom. The maximum atomic E-state index is 9.00. The van der Waals surface area contributed by atoms with Crippen LogP contribution in [-0.2, 0) is 0 Å². The van der Waals surface area contributed by atoms with Crippen LogP contribution in [-0.4, -0.2) is 25.4 Å². The third-order valence-electron chi connectivity index (χ3n) is 3.24. The quantitative estimate of drug-likeness (QED) is 0.775. The lowest BCUT2D eigenvalue weighted by atomic mass is 10.0. The van der Waals surface area contributed by atoms with Gasteiger partial charge in [0, 0.05) is 24.8 Å². The van der Waals surface area contributed by atoms with Gasteiger partial charge < -0.3 is 20.1 Å². The zero-order chi connectivity index (χ0) is 11.9. The van der Waals surface area contributed by atoms with Gasteiger partial charge in [-0.1, -0.05) is 0 Å². The summed E-state index contributed by atoms with van der Waals surface area (Å²) in [4.78, 5) is 2.10. The third-order valence-corrected chi connectivity index (χ3v) is 3.24. The first kappa shape index (κ1) is 10.2. The van der Waals surface area contributed by atoms with E-state index in [1.807, 2.05) is 18.2 Å². The second-order valence-corrected chi connectivity index (χ2v) is 4.48. The molecule has 0 saturated carbocycles. The van der Waals surface area contributed by atoms with Crippen molar-refractivity contribution in [3.8, 4) is 17.6 Å². The highest BCUT2D eigenvalue weighted by atomic mass is 16.7. The number of hydrogen-bond acceptors (Lipinski definition) is 5. The first-order valence-electron chi connectivity index (χ1n) is 5.55. The number of benzene rings is 1. The molecule has 2 aliphatic rings. The lowest BCUT2D eigenvalue weighted by Crippen LogP contribution is -2.41. The maximum absolute atomic E-state index is 9.00. The van der Waals surface area contributed by atoms with Gasteiger partial charge in [0.05, 0.1) is 6.07 Å². The molecule has 1 fully saturated rings. The van der Waals surface area contributed by atoms with Crippen LogP contribution < -0.4 is 20.1 Å². The minimum atomic E-state index is -0.726. The van der Waals surface area contributed by atoms with E-state index in [0.717, 1.165) is 23.7 Å². The molecule has 0 aromatic heterocycles. The van der Waals surface area contributed by atoms with E-state index >= 15 is 0 Å². The van der Waals surface area contributed by atoms with Gasteiger partial charge in [-0.15, -0.1) is 0 Å². The van der Waals surface area contributed by atoms with E-state index < -0.39 is 5.54 Å². The number of ether oxygens (including phenoxy) is 2. The largest absolute Gasteiger partial charge is 0.454 e. The van der Waals surface area contributed by atoms with Crippen molar-refractivity contribution in [2.75, 3.05) is 24.8 Å². The van der Waals surface area contributed by atoms with Crippen molar-refractivity contribution < 1.29 is 9.47 Å². The number of anilines is 1. The first-order chi connectivity index (χ1) is 8.20. The van der Waals surface area contributed by atoms with Crippen molar-refractivity contribution in [2.45, 2.75) is 12.0 Å². The fourth-order valence-corrected chi connectivity index (χ4v) is 2.23. The van der Waals surface area contributed by atoms with Crippen molar-refractivity contribution in [3.63, 3.8) is 0 Å². The Morgan fingerprint density at radius 1 is 1.35 bits per heavy atom. The van der Waals surface area contributed by atoms with E-state index in [-0.39, 0.29) is 6.79 Å². The van der Waals surface area contributed by atoms with E-state index in [9.17, 15) is 0 Å². The molecule has 5 heteroatoms. The molecule has 1 atom stereocenters. The summed E-state index contributed by atoms with van der Waals surface area (Å²) in [5, 5.41) is 9.00. The molecule has 1 aromatic rings.